The van der Waals surface area contributed by atoms with Gasteiger partial charge in [0, 0.05) is 16.0 Å². The van der Waals surface area contributed by atoms with Crippen LogP contribution in [0.5, 0.6) is 0 Å². The number of benzene rings is 2. The lowest BCUT2D eigenvalue weighted by atomic mass is 10.0. The first-order chi connectivity index (χ1) is 13.1. The van der Waals surface area contributed by atoms with Crippen LogP contribution >= 0.6 is 12.6 Å². The molecule has 0 amide bonds. The second-order valence-corrected chi connectivity index (χ2v) is 6.81. The Hall–Kier alpha value is -2.86. The standard InChI is InChI=1S/C21H19N3O2S/c1-3-26-21(25)19-20-13(2)23-18(14-7-5-4-6-8-14)16-11-15(27)9-10-17(16)24(20)12-22-19/h4-13,27H,3H2,1-2H3/t13-/m1/s1. The summed E-state index contributed by atoms with van der Waals surface area (Å²) in [7, 11) is 0. The minimum atomic E-state index is -0.427. The molecule has 2 aromatic carbocycles. The summed E-state index contributed by atoms with van der Waals surface area (Å²) in [6.07, 6.45) is 1.67. The summed E-state index contributed by atoms with van der Waals surface area (Å²) in [5.74, 6) is -0.427. The van der Waals surface area contributed by atoms with E-state index in [1.165, 1.54) is 0 Å². The predicted octanol–water partition coefficient (Wildman–Crippen LogP) is 4.25. The van der Waals surface area contributed by atoms with Gasteiger partial charge in [0.25, 0.3) is 0 Å². The molecule has 0 radical (unpaired) electrons. The normalized spacial score (nSPS) is 15.4. The van der Waals surface area contributed by atoms with Gasteiger partial charge in [-0.3, -0.25) is 9.56 Å². The molecule has 0 aliphatic carbocycles. The van der Waals surface area contributed by atoms with Crippen molar-refractivity contribution in [2.75, 3.05) is 6.61 Å². The monoisotopic (exact) mass is 377 g/mol. The third-order valence-electron chi connectivity index (χ3n) is 4.53. The van der Waals surface area contributed by atoms with Crippen molar-refractivity contribution in [3.63, 3.8) is 0 Å². The number of carbonyl (C=O) groups excluding carboxylic acids is 1. The largest absolute Gasteiger partial charge is 0.461 e. The second-order valence-electron chi connectivity index (χ2n) is 6.29. The average molecular weight is 377 g/mol. The van der Waals surface area contributed by atoms with E-state index < -0.39 is 5.97 Å². The Labute approximate surface area is 163 Å². The maximum Gasteiger partial charge on any atom is 0.358 e. The number of aliphatic imine (C=N–C) groups is 1. The van der Waals surface area contributed by atoms with Gasteiger partial charge in [0.2, 0.25) is 0 Å². The Bertz CT molecular complexity index is 1040. The van der Waals surface area contributed by atoms with Gasteiger partial charge in [-0.15, -0.1) is 12.6 Å². The molecule has 4 rings (SSSR count). The molecule has 1 aromatic heterocycles. The minimum Gasteiger partial charge on any atom is -0.461 e. The van der Waals surface area contributed by atoms with Gasteiger partial charge in [-0.25, -0.2) is 9.78 Å². The molecule has 1 aliphatic rings. The van der Waals surface area contributed by atoms with Gasteiger partial charge in [-0.1, -0.05) is 30.3 Å². The van der Waals surface area contributed by atoms with Crippen LogP contribution in [0, 0.1) is 0 Å². The molecule has 3 aromatic rings. The fraction of sp³-hybridized carbons (Fsp3) is 0.190. The van der Waals surface area contributed by atoms with Crippen molar-refractivity contribution in [2.24, 2.45) is 4.99 Å². The van der Waals surface area contributed by atoms with E-state index >= 15 is 0 Å². The highest BCUT2D eigenvalue weighted by molar-refractivity contribution is 7.80. The van der Waals surface area contributed by atoms with E-state index in [1.54, 1.807) is 13.3 Å². The number of rotatable bonds is 3. The average Bonchev–Trinajstić information content (AvgIpc) is 3.07. The van der Waals surface area contributed by atoms with Gasteiger partial charge in [0.05, 0.1) is 29.7 Å². The minimum absolute atomic E-state index is 0.266. The maximum absolute atomic E-state index is 12.4. The number of nitrogens with zero attached hydrogens (tertiary/aromatic N) is 3. The molecule has 0 fully saturated rings. The van der Waals surface area contributed by atoms with Crippen LogP contribution in [0.4, 0.5) is 0 Å². The molecular formula is C21H19N3O2S. The first kappa shape index (κ1) is 17.5. The summed E-state index contributed by atoms with van der Waals surface area (Å²) in [6, 6.07) is 15.7. The number of esters is 1. The summed E-state index contributed by atoms with van der Waals surface area (Å²) in [5, 5.41) is 0. The van der Waals surface area contributed by atoms with Crippen molar-refractivity contribution in [2.45, 2.75) is 24.8 Å². The van der Waals surface area contributed by atoms with Crippen LogP contribution in [0.15, 0.2) is 64.7 Å². The van der Waals surface area contributed by atoms with E-state index in [9.17, 15) is 4.79 Å². The highest BCUT2D eigenvalue weighted by atomic mass is 32.1. The Morgan fingerprint density at radius 3 is 2.74 bits per heavy atom. The zero-order valence-electron chi connectivity index (χ0n) is 15.1. The van der Waals surface area contributed by atoms with Crippen molar-refractivity contribution >= 4 is 24.3 Å². The molecule has 1 atom stereocenters. The van der Waals surface area contributed by atoms with E-state index in [0.717, 1.165) is 33.1 Å². The van der Waals surface area contributed by atoms with Gasteiger partial charge in [-0.05, 0) is 32.0 Å². The summed E-state index contributed by atoms with van der Waals surface area (Å²) in [4.78, 5) is 22.5. The zero-order chi connectivity index (χ0) is 19.0. The second kappa shape index (κ2) is 7.04. The van der Waals surface area contributed by atoms with Gasteiger partial charge in [-0.2, -0.15) is 0 Å². The molecule has 0 unspecified atom stereocenters. The van der Waals surface area contributed by atoms with Crippen LogP contribution < -0.4 is 0 Å². The highest BCUT2D eigenvalue weighted by Crippen LogP contribution is 2.33. The fourth-order valence-corrected chi connectivity index (χ4v) is 3.58. The third kappa shape index (κ3) is 3.06. The number of thiol groups is 1. The molecular weight excluding hydrogens is 358 g/mol. The molecule has 0 N–H and O–H groups in total. The lowest BCUT2D eigenvalue weighted by Crippen LogP contribution is -2.11. The van der Waals surface area contributed by atoms with Crippen LogP contribution in [0.1, 0.15) is 47.2 Å². The number of hydrogen-bond acceptors (Lipinski definition) is 5. The molecule has 0 spiro atoms. The summed E-state index contributed by atoms with van der Waals surface area (Å²) < 4.78 is 7.11. The molecule has 5 nitrogen and oxygen atoms in total. The number of carbonyl (C=O) groups is 1. The lowest BCUT2D eigenvalue weighted by molar-refractivity contribution is 0.0518. The van der Waals surface area contributed by atoms with Gasteiger partial charge in [0.15, 0.2) is 5.69 Å². The van der Waals surface area contributed by atoms with Gasteiger partial charge < -0.3 is 4.74 Å². The van der Waals surface area contributed by atoms with Gasteiger partial charge >= 0.3 is 5.97 Å². The topological polar surface area (TPSA) is 56.5 Å². The van der Waals surface area contributed by atoms with Crippen LogP contribution in [0.3, 0.4) is 0 Å². The number of hydrogen-bond donors (Lipinski definition) is 1. The van der Waals surface area contributed by atoms with E-state index in [1.807, 2.05) is 60.0 Å². The molecule has 6 heteroatoms. The van der Waals surface area contributed by atoms with E-state index in [2.05, 4.69) is 17.6 Å². The SMILES string of the molecule is CCOC(=O)c1ncn2c1[C@@H](C)N=C(c1ccccc1)c1cc(S)ccc1-2. The maximum atomic E-state index is 12.4. The Morgan fingerprint density at radius 2 is 2.00 bits per heavy atom. The van der Waals surface area contributed by atoms with E-state index in [0.29, 0.717) is 12.3 Å². The van der Waals surface area contributed by atoms with Crippen molar-refractivity contribution in [1.29, 1.82) is 0 Å². The van der Waals surface area contributed by atoms with Crippen molar-refractivity contribution in [3.8, 4) is 5.69 Å². The van der Waals surface area contributed by atoms with Crippen molar-refractivity contribution in [3.05, 3.63) is 77.4 Å². The molecule has 136 valence electrons. The predicted molar refractivity (Wildman–Crippen MR) is 107 cm³/mol. The molecule has 27 heavy (non-hydrogen) atoms. The molecule has 0 bridgehead atoms. The summed E-state index contributed by atoms with van der Waals surface area (Å²) in [6.45, 7) is 4.05. The zero-order valence-corrected chi connectivity index (χ0v) is 16.0. The molecule has 0 saturated carbocycles. The smallest absolute Gasteiger partial charge is 0.358 e. The Morgan fingerprint density at radius 1 is 1.22 bits per heavy atom. The summed E-state index contributed by atoms with van der Waals surface area (Å²) >= 11 is 4.51. The van der Waals surface area contributed by atoms with Crippen LogP contribution in [0.2, 0.25) is 0 Å². The molecule has 0 saturated heterocycles. The third-order valence-corrected chi connectivity index (χ3v) is 4.81. The number of imidazole rings is 1. The Kier molecular flexibility index (Phi) is 4.58. The van der Waals surface area contributed by atoms with E-state index in [4.69, 9.17) is 9.73 Å². The Balaban J connectivity index is 1.98. The van der Waals surface area contributed by atoms with Crippen LogP contribution in [-0.4, -0.2) is 27.8 Å². The number of ether oxygens (including phenoxy) is 1. The number of fused-ring (bicyclic) bond motifs is 3. The highest BCUT2D eigenvalue weighted by Gasteiger charge is 2.29. The first-order valence-electron chi connectivity index (χ1n) is 8.81. The van der Waals surface area contributed by atoms with E-state index in [-0.39, 0.29) is 6.04 Å². The van der Waals surface area contributed by atoms with Crippen LogP contribution in [0.25, 0.3) is 5.69 Å². The summed E-state index contributed by atoms with van der Waals surface area (Å²) in [5.41, 5.74) is 4.79. The van der Waals surface area contributed by atoms with Crippen molar-refractivity contribution in [1.82, 2.24) is 9.55 Å². The fourth-order valence-electron chi connectivity index (χ4n) is 3.38. The number of aromatic nitrogens is 2. The quantitative estimate of drug-likeness (QED) is 0.548. The first-order valence-corrected chi connectivity index (χ1v) is 9.26. The van der Waals surface area contributed by atoms with Gasteiger partial charge in [0.1, 0.15) is 6.33 Å². The molecule has 2 heterocycles. The molecule has 1 aliphatic heterocycles. The lowest BCUT2D eigenvalue weighted by Gasteiger charge is -2.12. The van der Waals surface area contributed by atoms with Crippen molar-refractivity contribution < 1.29 is 9.53 Å². The van der Waals surface area contributed by atoms with Crippen LogP contribution in [-0.2, 0) is 4.74 Å².